The number of Topliss-reactive ketones (excluding diaryl/α,β-unsaturated/α-hetero) is 1. The summed E-state index contributed by atoms with van der Waals surface area (Å²) in [6.07, 6.45) is 1.09. The number of carbonyl (C=O) groups is 4. The number of carbonyl (C=O) groups excluding carboxylic acids is 3. The van der Waals surface area contributed by atoms with Gasteiger partial charge >= 0.3 is 12.0 Å². The minimum absolute atomic E-state index is 0.111. The fourth-order valence-corrected chi connectivity index (χ4v) is 5.31. The number of benzene rings is 2. The Morgan fingerprint density at radius 3 is 2.49 bits per heavy atom. The zero-order valence-electron chi connectivity index (χ0n) is 24.0. The second-order valence-electron chi connectivity index (χ2n) is 11.4. The number of ketones is 1. The molecule has 2 aromatic carbocycles. The van der Waals surface area contributed by atoms with Gasteiger partial charge in [-0.15, -0.1) is 0 Å². The molecule has 3 N–H and O–H groups in total. The Hall–Kier alpha value is -4.64. The summed E-state index contributed by atoms with van der Waals surface area (Å²) in [7, 11) is 0. The molecule has 2 unspecified atom stereocenters. The van der Waals surface area contributed by atoms with Crippen LogP contribution < -0.4 is 10.1 Å². The predicted molar refractivity (Wildman–Crippen MR) is 159 cm³/mol. The van der Waals surface area contributed by atoms with Crippen LogP contribution in [0.5, 0.6) is 5.75 Å². The Labute approximate surface area is 253 Å². The standard InChI is InChI=1S/C31H32ClN5O6/c1-31(2,3)43-24-15-19(23(38)16-26(40)41)8-11-21(24)29-35-27(18-6-9-20(32)10-7-18)28(22-5-4-12-33-22)37(29)30(42)36-14-13-34-25(39)17-36/h4-12,15,27-28,33H,13-14,16-17H2,1-3H3,(H,34,39)(H,40,41). The summed E-state index contributed by atoms with van der Waals surface area (Å²) in [5.74, 6) is -1.54. The highest BCUT2D eigenvalue weighted by Crippen LogP contribution is 2.45. The first kappa shape index (κ1) is 29.8. The largest absolute Gasteiger partial charge is 0.487 e. The van der Waals surface area contributed by atoms with Gasteiger partial charge in [0.25, 0.3) is 0 Å². The number of nitrogens with one attached hydrogen (secondary N) is 2. The van der Waals surface area contributed by atoms with Gasteiger partial charge in [0, 0.05) is 35.6 Å². The Morgan fingerprint density at radius 1 is 1.12 bits per heavy atom. The lowest BCUT2D eigenvalue weighted by Crippen LogP contribution is -2.55. The van der Waals surface area contributed by atoms with Crippen molar-refractivity contribution in [2.45, 2.75) is 44.9 Å². The Bertz CT molecular complexity index is 1580. The van der Waals surface area contributed by atoms with Gasteiger partial charge in [-0.05, 0) is 62.7 Å². The maximum atomic E-state index is 14.4. The molecule has 3 heterocycles. The number of aliphatic carboxylic acids is 1. The highest BCUT2D eigenvalue weighted by atomic mass is 35.5. The van der Waals surface area contributed by atoms with Crippen LogP contribution >= 0.6 is 11.6 Å². The number of aromatic nitrogens is 1. The minimum Gasteiger partial charge on any atom is -0.487 e. The van der Waals surface area contributed by atoms with Crippen LogP contribution in [0.4, 0.5) is 4.79 Å². The number of aliphatic imine (C=N–C) groups is 1. The van der Waals surface area contributed by atoms with Gasteiger partial charge in [-0.25, -0.2) is 4.79 Å². The molecule has 3 amide bonds. The fraction of sp³-hybridized carbons (Fsp3) is 0.323. The van der Waals surface area contributed by atoms with Crippen molar-refractivity contribution in [3.05, 3.63) is 88.2 Å². The van der Waals surface area contributed by atoms with Gasteiger partial charge in [0.2, 0.25) is 5.91 Å². The van der Waals surface area contributed by atoms with Crippen LogP contribution in [-0.2, 0) is 9.59 Å². The molecular weight excluding hydrogens is 574 g/mol. The van der Waals surface area contributed by atoms with Crippen molar-refractivity contribution in [3.63, 3.8) is 0 Å². The fourth-order valence-electron chi connectivity index (χ4n) is 5.19. The van der Waals surface area contributed by atoms with Gasteiger partial charge < -0.3 is 25.0 Å². The number of urea groups is 1. The molecule has 3 aromatic rings. The van der Waals surface area contributed by atoms with Gasteiger partial charge in [0.15, 0.2) is 5.78 Å². The highest BCUT2D eigenvalue weighted by Gasteiger charge is 2.45. The molecule has 0 aliphatic carbocycles. The molecule has 12 heteroatoms. The van der Waals surface area contributed by atoms with Gasteiger partial charge in [0.1, 0.15) is 42.2 Å². The highest BCUT2D eigenvalue weighted by molar-refractivity contribution is 6.30. The summed E-state index contributed by atoms with van der Waals surface area (Å²) in [4.78, 5) is 62.0. The van der Waals surface area contributed by atoms with E-state index in [1.807, 2.05) is 45.0 Å². The lowest BCUT2D eigenvalue weighted by Gasteiger charge is -2.35. The first-order valence-electron chi connectivity index (χ1n) is 13.8. The maximum absolute atomic E-state index is 14.4. The number of carboxylic acids is 1. The Kier molecular flexibility index (Phi) is 8.27. The Morgan fingerprint density at radius 2 is 1.86 bits per heavy atom. The van der Waals surface area contributed by atoms with Crippen LogP contribution in [0.25, 0.3) is 0 Å². The quantitative estimate of drug-likeness (QED) is 0.265. The van der Waals surface area contributed by atoms with E-state index in [-0.39, 0.29) is 29.6 Å². The number of H-pyrrole nitrogens is 1. The number of rotatable bonds is 7. The number of carboxylic acid groups (broad SMARTS) is 1. The van der Waals surface area contributed by atoms with Crippen LogP contribution in [0.1, 0.15) is 66.5 Å². The number of aromatic amines is 1. The monoisotopic (exact) mass is 605 g/mol. The predicted octanol–water partition coefficient (Wildman–Crippen LogP) is 4.60. The zero-order chi connectivity index (χ0) is 30.9. The lowest BCUT2D eigenvalue weighted by molar-refractivity contribution is -0.136. The normalized spacial score (nSPS) is 18.7. The van der Waals surface area contributed by atoms with Gasteiger partial charge in [-0.2, -0.15) is 0 Å². The number of amidine groups is 1. The summed E-state index contributed by atoms with van der Waals surface area (Å²) in [5.41, 5.74) is 1.41. The van der Waals surface area contributed by atoms with Gasteiger partial charge in [-0.3, -0.25) is 24.3 Å². The molecule has 1 saturated heterocycles. The average molecular weight is 606 g/mol. The minimum atomic E-state index is -1.24. The third-order valence-electron chi connectivity index (χ3n) is 7.01. The van der Waals surface area contributed by atoms with E-state index in [2.05, 4.69) is 10.3 Å². The smallest absolute Gasteiger partial charge is 0.326 e. The first-order chi connectivity index (χ1) is 20.4. The van der Waals surface area contributed by atoms with E-state index in [0.29, 0.717) is 23.7 Å². The van der Waals surface area contributed by atoms with E-state index in [1.165, 1.54) is 17.0 Å². The Balaban J connectivity index is 1.69. The van der Waals surface area contributed by atoms with Crippen LogP contribution in [0.2, 0.25) is 5.02 Å². The van der Waals surface area contributed by atoms with Crippen LogP contribution in [0, 0.1) is 0 Å². The number of ether oxygens (including phenoxy) is 1. The van der Waals surface area contributed by atoms with Gasteiger partial charge in [-0.1, -0.05) is 29.8 Å². The van der Waals surface area contributed by atoms with E-state index in [9.17, 15) is 24.3 Å². The molecule has 11 nitrogen and oxygen atoms in total. The van der Waals surface area contributed by atoms with Crippen molar-refractivity contribution >= 4 is 41.1 Å². The second kappa shape index (κ2) is 11.9. The molecule has 0 radical (unpaired) electrons. The number of nitrogens with zero attached hydrogens (tertiary/aromatic N) is 3. The number of hydrogen-bond donors (Lipinski definition) is 3. The molecule has 0 spiro atoms. The number of piperazine rings is 1. The van der Waals surface area contributed by atoms with Crippen LogP contribution in [-0.4, -0.2) is 74.7 Å². The molecule has 2 atom stereocenters. The van der Waals surface area contributed by atoms with Crippen molar-refractivity contribution in [1.29, 1.82) is 0 Å². The average Bonchev–Trinajstić information content (AvgIpc) is 3.60. The molecule has 224 valence electrons. The molecule has 1 aromatic heterocycles. The van der Waals surface area contributed by atoms with Crippen LogP contribution in [0.15, 0.2) is 65.8 Å². The summed E-state index contributed by atoms with van der Waals surface area (Å²) in [5, 5.41) is 12.5. The van der Waals surface area contributed by atoms with Crippen molar-refractivity contribution in [1.82, 2.24) is 20.1 Å². The van der Waals surface area contributed by atoms with Gasteiger partial charge in [0.05, 0.1) is 5.56 Å². The van der Waals surface area contributed by atoms with E-state index < -0.39 is 41.9 Å². The topological polar surface area (TPSA) is 144 Å². The van der Waals surface area contributed by atoms with Crippen LogP contribution in [0.3, 0.4) is 0 Å². The lowest BCUT2D eigenvalue weighted by atomic mass is 9.97. The molecule has 43 heavy (non-hydrogen) atoms. The number of halogens is 1. The van der Waals surface area contributed by atoms with Crippen molar-refractivity contribution in [2.24, 2.45) is 4.99 Å². The first-order valence-corrected chi connectivity index (χ1v) is 14.2. The molecule has 2 aliphatic rings. The number of amides is 3. The summed E-state index contributed by atoms with van der Waals surface area (Å²) < 4.78 is 6.29. The second-order valence-corrected chi connectivity index (χ2v) is 11.8. The van der Waals surface area contributed by atoms with E-state index in [1.54, 1.807) is 29.3 Å². The third kappa shape index (κ3) is 6.56. The summed E-state index contributed by atoms with van der Waals surface area (Å²) in [6.45, 7) is 6.04. The molecular formula is C31H32ClN5O6. The number of hydrogen-bond acceptors (Lipinski definition) is 6. The summed E-state index contributed by atoms with van der Waals surface area (Å²) in [6, 6.07) is 13.9. The third-order valence-corrected chi connectivity index (χ3v) is 7.26. The van der Waals surface area contributed by atoms with Crippen molar-refractivity contribution in [2.75, 3.05) is 19.6 Å². The molecule has 0 saturated carbocycles. The van der Waals surface area contributed by atoms with E-state index in [4.69, 9.17) is 21.3 Å². The zero-order valence-corrected chi connectivity index (χ0v) is 24.7. The molecule has 0 bridgehead atoms. The SMILES string of the molecule is CC(C)(C)Oc1cc(C(=O)CC(=O)O)ccc1C1=NC(c2ccc(Cl)cc2)C(c2ccc[nH]2)N1C(=O)N1CCNC(=O)C1. The summed E-state index contributed by atoms with van der Waals surface area (Å²) >= 11 is 6.20. The maximum Gasteiger partial charge on any atom is 0.326 e. The van der Waals surface area contributed by atoms with E-state index in [0.717, 1.165) is 11.3 Å². The molecule has 1 fully saturated rings. The van der Waals surface area contributed by atoms with Crippen molar-refractivity contribution < 1.29 is 29.0 Å². The molecule has 5 rings (SSSR count). The van der Waals surface area contributed by atoms with E-state index >= 15 is 0 Å². The molecule has 2 aliphatic heterocycles. The van der Waals surface area contributed by atoms with Crippen molar-refractivity contribution in [3.8, 4) is 5.75 Å².